The summed E-state index contributed by atoms with van der Waals surface area (Å²) in [7, 11) is 0. The highest BCUT2D eigenvalue weighted by Crippen LogP contribution is 2.29. The first-order chi connectivity index (χ1) is 12.2. The van der Waals surface area contributed by atoms with E-state index in [2.05, 4.69) is 23.6 Å². The first-order valence-electron chi connectivity index (χ1n) is 8.60. The van der Waals surface area contributed by atoms with Gasteiger partial charge >= 0.3 is 0 Å². The van der Waals surface area contributed by atoms with Crippen LogP contribution in [0.15, 0.2) is 53.3 Å². The van der Waals surface area contributed by atoms with Gasteiger partial charge in [0.15, 0.2) is 0 Å². The predicted molar refractivity (Wildman–Crippen MR) is 100 cm³/mol. The van der Waals surface area contributed by atoms with E-state index in [9.17, 15) is 4.79 Å². The number of fused-ring (bicyclic) bond motifs is 2. The zero-order chi connectivity index (χ0) is 17.0. The van der Waals surface area contributed by atoms with Gasteiger partial charge in [-0.2, -0.15) is 9.89 Å². The van der Waals surface area contributed by atoms with Gasteiger partial charge in [-0.3, -0.25) is 10.2 Å². The largest absolute Gasteiger partial charge is 0.307 e. The summed E-state index contributed by atoms with van der Waals surface area (Å²) in [6.07, 6.45) is 2.03. The van der Waals surface area contributed by atoms with E-state index in [0.29, 0.717) is 5.39 Å². The number of benzene rings is 2. The molecule has 3 heterocycles. The number of aromatic nitrogens is 3. The minimum atomic E-state index is 0.0632. The van der Waals surface area contributed by atoms with Crippen LogP contribution in [0.4, 0.5) is 5.69 Å². The van der Waals surface area contributed by atoms with E-state index in [4.69, 9.17) is 5.10 Å². The molecule has 0 amide bonds. The number of hydrogen-bond donors (Lipinski definition) is 1. The summed E-state index contributed by atoms with van der Waals surface area (Å²) in [6, 6.07) is 16.1. The maximum atomic E-state index is 13.1. The second-order valence-corrected chi connectivity index (χ2v) is 6.57. The van der Waals surface area contributed by atoms with E-state index >= 15 is 0 Å². The Morgan fingerprint density at radius 1 is 1.08 bits per heavy atom. The molecule has 5 heteroatoms. The lowest BCUT2D eigenvalue weighted by Gasteiger charge is -2.19. The quantitative estimate of drug-likeness (QED) is 0.612. The van der Waals surface area contributed by atoms with Crippen LogP contribution in [-0.4, -0.2) is 14.5 Å². The molecule has 4 aromatic rings. The Labute approximate surface area is 144 Å². The van der Waals surface area contributed by atoms with E-state index in [1.807, 2.05) is 41.8 Å². The Hall–Kier alpha value is -3.08. The third kappa shape index (κ3) is 2.02. The third-order valence-electron chi connectivity index (χ3n) is 5.06. The molecule has 2 aromatic carbocycles. The SMILES string of the molecule is Cc1c2c(=O)n3c4c(cccc4c2nn1Nc1ccccc1)CCC3. The molecule has 124 valence electrons. The zero-order valence-corrected chi connectivity index (χ0v) is 14.0. The molecule has 5 nitrogen and oxygen atoms in total. The van der Waals surface area contributed by atoms with E-state index in [-0.39, 0.29) is 5.56 Å². The topological polar surface area (TPSA) is 51.9 Å². The Kier molecular flexibility index (Phi) is 2.98. The van der Waals surface area contributed by atoms with Crippen LogP contribution in [0.2, 0.25) is 0 Å². The number of aryl methyl sites for hydroxylation is 3. The highest BCUT2D eigenvalue weighted by molar-refractivity contribution is 6.05. The molecule has 0 fully saturated rings. The summed E-state index contributed by atoms with van der Waals surface area (Å²) in [4.78, 5) is 14.8. The summed E-state index contributed by atoms with van der Waals surface area (Å²) in [5.74, 6) is 0. The molecule has 0 radical (unpaired) electrons. The van der Waals surface area contributed by atoms with E-state index in [0.717, 1.165) is 47.2 Å². The number of pyridine rings is 1. The summed E-state index contributed by atoms with van der Waals surface area (Å²) in [5.41, 5.74) is 8.19. The molecular formula is C20H18N4O. The van der Waals surface area contributed by atoms with Crippen LogP contribution in [0, 0.1) is 6.92 Å². The van der Waals surface area contributed by atoms with Crippen LogP contribution < -0.4 is 11.0 Å². The minimum absolute atomic E-state index is 0.0632. The molecule has 0 saturated carbocycles. The zero-order valence-electron chi connectivity index (χ0n) is 14.0. The third-order valence-corrected chi connectivity index (χ3v) is 5.06. The van der Waals surface area contributed by atoms with Crippen LogP contribution in [-0.2, 0) is 13.0 Å². The van der Waals surface area contributed by atoms with Gasteiger partial charge in [0, 0.05) is 11.9 Å². The lowest BCUT2D eigenvalue weighted by atomic mass is 10.00. The summed E-state index contributed by atoms with van der Waals surface area (Å²) < 4.78 is 1.93. The number of anilines is 1. The van der Waals surface area contributed by atoms with Crippen molar-refractivity contribution in [2.75, 3.05) is 5.43 Å². The lowest BCUT2D eigenvalue weighted by Crippen LogP contribution is -2.25. The fraction of sp³-hybridized carbons (Fsp3) is 0.200. The molecule has 25 heavy (non-hydrogen) atoms. The summed E-state index contributed by atoms with van der Waals surface area (Å²) >= 11 is 0. The van der Waals surface area contributed by atoms with E-state index in [1.54, 1.807) is 4.79 Å². The molecule has 1 aliphatic rings. The van der Waals surface area contributed by atoms with Crippen molar-refractivity contribution < 1.29 is 0 Å². The normalized spacial score (nSPS) is 13.5. The molecule has 1 aliphatic heterocycles. The average Bonchev–Trinajstić information content (AvgIpc) is 2.97. The minimum Gasteiger partial charge on any atom is -0.307 e. The first-order valence-corrected chi connectivity index (χ1v) is 8.60. The molecule has 0 spiro atoms. The molecule has 0 saturated heterocycles. The number of nitrogens with one attached hydrogen (secondary N) is 1. The van der Waals surface area contributed by atoms with E-state index < -0.39 is 0 Å². The molecule has 0 unspecified atom stereocenters. The smallest absolute Gasteiger partial charge is 0.262 e. The van der Waals surface area contributed by atoms with Crippen molar-refractivity contribution in [3.8, 4) is 0 Å². The maximum Gasteiger partial charge on any atom is 0.262 e. The van der Waals surface area contributed by atoms with Crippen LogP contribution >= 0.6 is 0 Å². The second-order valence-electron chi connectivity index (χ2n) is 6.57. The fourth-order valence-electron chi connectivity index (χ4n) is 3.87. The highest BCUT2D eigenvalue weighted by atomic mass is 16.1. The molecule has 5 rings (SSSR count). The number of para-hydroxylation sites is 2. The highest BCUT2D eigenvalue weighted by Gasteiger charge is 2.21. The Balaban J connectivity index is 1.83. The molecule has 2 aromatic heterocycles. The van der Waals surface area contributed by atoms with Crippen molar-refractivity contribution in [1.82, 2.24) is 14.5 Å². The van der Waals surface area contributed by atoms with Gasteiger partial charge in [0.1, 0.15) is 5.52 Å². The van der Waals surface area contributed by atoms with Crippen molar-refractivity contribution in [3.63, 3.8) is 0 Å². The van der Waals surface area contributed by atoms with Gasteiger partial charge in [-0.05, 0) is 37.5 Å². The number of nitrogens with zero attached hydrogens (tertiary/aromatic N) is 3. The monoisotopic (exact) mass is 330 g/mol. The standard InChI is InChI=1S/C20H18N4O/c1-13-17-18(22-24(13)21-15-9-3-2-4-10-15)16-11-5-7-14-8-6-12-23(19(14)16)20(17)25/h2-5,7,9-11,21H,6,8,12H2,1H3. The van der Waals surface area contributed by atoms with Gasteiger partial charge in [-0.1, -0.05) is 36.4 Å². The van der Waals surface area contributed by atoms with Gasteiger partial charge in [0.25, 0.3) is 5.56 Å². The number of hydrogen-bond acceptors (Lipinski definition) is 3. The van der Waals surface area contributed by atoms with Gasteiger partial charge in [0.2, 0.25) is 0 Å². The van der Waals surface area contributed by atoms with Gasteiger partial charge in [0.05, 0.1) is 22.3 Å². The molecular weight excluding hydrogens is 312 g/mol. The summed E-state index contributed by atoms with van der Waals surface area (Å²) in [6.45, 7) is 2.72. The van der Waals surface area contributed by atoms with Gasteiger partial charge in [-0.25, -0.2) is 0 Å². The molecule has 0 aliphatic carbocycles. The Bertz CT molecular complexity index is 1170. The predicted octanol–water partition coefficient (Wildman–Crippen LogP) is 3.48. The van der Waals surface area contributed by atoms with Crippen molar-refractivity contribution in [2.45, 2.75) is 26.3 Å². The van der Waals surface area contributed by atoms with Gasteiger partial charge in [-0.15, -0.1) is 0 Å². The van der Waals surface area contributed by atoms with Crippen molar-refractivity contribution in [1.29, 1.82) is 0 Å². The Morgan fingerprint density at radius 2 is 1.92 bits per heavy atom. The van der Waals surface area contributed by atoms with Crippen molar-refractivity contribution >= 4 is 27.5 Å². The fourth-order valence-corrected chi connectivity index (χ4v) is 3.87. The molecule has 0 atom stereocenters. The van der Waals surface area contributed by atoms with Crippen molar-refractivity contribution in [3.05, 3.63) is 70.1 Å². The Morgan fingerprint density at radius 3 is 2.76 bits per heavy atom. The second kappa shape index (κ2) is 5.21. The van der Waals surface area contributed by atoms with Crippen LogP contribution in [0.25, 0.3) is 21.8 Å². The maximum absolute atomic E-state index is 13.1. The number of rotatable bonds is 2. The van der Waals surface area contributed by atoms with Crippen LogP contribution in [0.1, 0.15) is 17.7 Å². The molecule has 0 bridgehead atoms. The van der Waals surface area contributed by atoms with Crippen molar-refractivity contribution in [2.24, 2.45) is 0 Å². The first kappa shape index (κ1) is 14.3. The van der Waals surface area contributed by atoms with Crippen LogP contribution in [0.5, 0.6) is 0 Å². The summed E-state index contributed by atoms with van der Waals surface area (Å²) in [5, 5.41) is 6.49. The van der Waals surface area contributed by atoms with E-state index in [1.165, 1.54) is 5.56 Å². The lowest BCUT2D eigenvalue weighted by molar-refractivity contribution is 0.619. The van der Waals surface area contributed by atoms with Gasteiger partial charge < -0.3 is 4.57 Å². The average molecular weight is 330 g/mol. The molecule has 1 N–H and O–H groups in total. The van der Waals surface area contributed by atoms with Crippen LogP contribution in [0.3, 0.4) is 0 Å².